The number of nitrogens with two attached hydrogens (primary N) is 1. The van der Waals surface area contributed by atoms with Gasteiger partial charge in [-0.25, -0.2) is 8.78 Å². The predicted octanol–water partition coefficient (Wildman–Crippen LogP) is 2.21. The van der Waals surface area contributed by atoms with Crippen molar-refractivity contribution < 1.29 is 13.6 Å². The third-order valence-electron chi connectivity index (χ3n) is 2.71. The highest BCUT2D eigenvalue weighted by molar-refractivity contribution is 5.94. The van der Waals surface area contributed by atoms with Crippen molar-refractivity contribution in [1.29, 1.82) is 0 Å². The van der Waals surface area contributed by atoms with Crippen LogP contribution in [0.15, 0.2) is 18.2 Å². The minimum absolute atomic E-state index is 0.101. The molecule has 1 atom stereocenters. The number of rotatable bonds is 6. The lowest BCUT2D eigenvalue weighted by Crippen LogP contribution is -2.40. The van der Waals surface area contributed by atoms with Gasteiger partial charge in [0.2, 0.25) is 0 Å². The summed E-state index contributed by atoms with van der Waals surface area (Å²) in [6.07, 6.45) is 2.75. The van der Waals surface area contributed by atoms with Crippen LogP contribution in [0.3, 0.4) is 0 Å². The summed E-state index contributed by atoms with van der Waals surface area (Å²) in [5.74, 6) is -2.42. The van der Waals surface area contributed by atoms with Crippen molar-refractivity contribution in [1.82, 2.24) is 5.32 Å². The molecule has 0 bridgehead atoms. The van der Waals surface area contributed by atoms with Gasteiger partial charge < -0.3 is 11.1 Å². The second kappa shape index (κ2) is 7.06. The molecule has 0 aromatic heterocycles. The van der Waals surface area contributed by atoms with Gasteiger partial charge in [-0.2, -0.15) is 0 Å². The highest BCUT2D eigenvalue weighted by Crippen LogP contribution is 2.09. The van der Waals surface area contributed by atoms with E-state index in [1.54, 1.807) is 0 Å². The first-order chi connectivity index (χ1) is 8.58. The molecule has 0 fully saturated rings. The summed E-state index contributed by atoms with van der Waals surface area (Å²) in [6.45, 7) is 2.38. The van der Waals surface area contributed by atoms with E-state index in [0.29, 0.717) is 6.54 Å². The van der Waals surface area contributed by atoms with E-state index in [2.05, 4.69) is 5.32 Å². The molecule has 0 saturated heterocycles. The molecule has 3 N–H and O–H groups in total. The van der Waals surface area contributed by atoms with Crippen LogP contribution in [0.25, 0.3) is 0 Å². The summed E-state index contributed by atoms with van der Waals surface area (Å²) in [6, 6.07) is 2.94. The Labute approximate surface area is 105 Å². The molecule has 1 unspecified atom stereocenters. The topological polar surface area (TPSA) is 55.1 Å². The summed E-state index contributed by atoms with van der Waals surface area (Å²) in [7, 11) is 0. The van der Waals surface area contributed by atoms with Gasteiger partial charge in [-0.1, -0.05) is 19.8 Å². The second-order valence-electron chi connectivity index (χ2n) is 4.18. The zero-order valence-corrected chi connectivity index (χ0v) is 10.4. The lowest BCUT2D eigenvalue weighted by atomic mass is 10.1. The fourth-order valence-corrected chi connectivity index (χ4v) is 1.61. The van der Waals surface area contributed by atoms with Gasteiger partial charge in [0.05, 0.1) is 0 Å². The monoisotopic (exact) mass is 256 g/mol. The van der Waals surface area contributed by atoms with Crippen molar-refractivity contribution in [2.45, 2.75) is 32.2 Å². The highest BCUT2D eigenvalue weighted by atomic mass is 19.2. The number of hydrogen-bond acceptors (Lipinski definition) is 2. The number of carbonyl (C=O) groups excluding carboxylic acids is 1. The molecule has 0 saturated carbocycles. The summed E-state index contributed by atoms with van der Waals surface area (Å²) in [5, 5.41) is 2.71. The van der Waals surface area contributed by atoms with Crippen LogP contribution in [0, 0.1) is 11.6 Å². The Morgan fingerprint density at radius 3 is 2.67 bits per heavy atom. The van der Waals surface area contributed by atoms with E-state index in [0.717, 1.165) is 31.4 Å². The molecule has 1 aromatic carbocycles. The molecule has 0 radical (unpaired) electrons. The van der Waals surface area contributed by atoms with Crippen molar-refractivity contribution in [3.63, 3.8) is 0 Å². The summed E-state index contributed by atoms with van der Waals surface area (Å²) >= 11 is 0. The van der Waals surface area contributed by atoms with Gasteiger partial charge in [-0.05, 0) is 24.6 Å². The molecule has 0 heterocycles. The minimum Gasteiger partial charge on any atom is -0.348 e. The van der Waals surface area contributed by atoms with Crippen LogP contribution in [-0.4, -0.2) is 18.5 Å². The predicted molar refractivity (Wildman–Crippen MR) is 66.2 cm³/mol. The maximum absolute atomic E-state index is 13.0. The molecule has 0 aliphatic rings. The largest absolute Gasteiger partial charge is 0.348 e. The Balaban J connectivity index is 2.65. The van der Waals surface area contributed by atoms with E-state index in [1.165, 1.54) is 6.07 Å². The van der Waals surface area contributed by atoms with Crippen LogP contribution in [0.4, 0.5) is 8.78 Å². The van der Waals surface area contributed by atoms with Gasteiger partial charge in [-0.15, -0.1) is 0 Å². The molecule has 1 rings (SSSR count). The number of hydrogen-bond donors (Lipinski definition) is 2. The van der Waals surface area contributed by atoms with Crippen molar-refractivity contribution in [3.05, 3.63) is 35.4 Å². The molecule has 1 amide bonds. The molecule has 3 nitrogen and oxygen atoms in total. The van der Waals surface area contributed by atoms with Crippen LogP contribution >= 0.6 is 0 Å². The molecule has 5 heteroatoms. The van der Waals surface area contributed by atoms with E-state index in [4.69, 9.17) is 5.73 Å². The van der Waals surface area contributed by atoms with Gasteiger partial charge >= 0.3 is 0 Å². The molecule has 0 aliphatic heterocycles. The first kappa shape index (κ1) is 14.6. The Morgan fingerprint density at radius 2 is 2.11 bits per heavy atom. The number of benzene rings is 1. The second-order valence-corrected chi connectivity index (χ2v) is 4.18. The van der Waals surface area contributed by atoms with E-state index in [9.17, 15) is 13.6 Å². The molecule has 18 heavy (non-hydrogen) atoms. The van der Waals surface area contributed by atoms with E-state index in [-0.39, 0.29) is 11.6 Å². The Morgan fingerprint density at radius 1 is 1.39 bits per heavy atom. The van der Waals surface area contributed by atoms with Crippen LogP contribution in [-0.2, 0) is 0 Å². The zero-order chi connectivity index (χ0) is 13.5. The third-order valence-corrected chi connectivity index (χ3v) is 2.71. The van der Waals surface area contributed by atoms with E-state index in [1.807, 2.05) is 6.92 Å². The van der Waals surface area contributed by atoms with Crippen LogP contribution in [0.5, 0.6) is 0 Å². The normalized spacial score (nSPS) is 12.2. The maximum atomic E-state index is 13.0. The van der Waals surface area contributed by atoms with Crippen molar-refractivity contribution >= 4 is 5.91 Å². The maximum Gasteiger partial charge on any atom is 0.251 e. The summed E-state index contributed by atoms with van der Waals surface area (Å²) in [5.41, 5.74) is 5.65. The zero-order valence-electron chi connectivity index (χ0n) is 10.4. The first-order valence-electron chi connectivity index (χ1n) is 6.04. The van der Waals surface area contributed by atoms with E-state index < -0.39 is 17.5 Å². The molecule has 1 aromatic rings. The molecule has 100 valence electrons. The first-order valence-corrected chi connectivity index (χ1v) is 6.04. The van der Waals surface area contributed by atoms with Crippen molar-refractivity contribution in [3.8, 4) is 0 Å². The average molecular weight is 256 g/mol. The lowest BCUT2D eigenvalue weighted by molar-refractivity contribution is 0.0935. The minimum atomic E-state index is -1.03. The number of amides is 1. The van der Waals surface area contributed by atoms with Crippen LogP contribution in [0.2, 0.25) is 0 Å². The fraction of sp³-hybridized carbons (Fsp3) is 0.462. The Kier molecular flexibility index (Phi) is 5.71. The van der Waals surface area contributed by atoms with Gasteiger partial charge in [-0.3, -0.25) is 4.79 Å². The number of carbonyl (C=O) groups is 1. The smallest absolute Gasteiger partial charge is 0.251 e. The average Bonchev–Trinajstić information content (AvgIpc) is 2.37. The number of unbranched alkanes of at least 4 members (excludes halogenated alkanes) is 1. The quantitative estimate of drug-likeness (QED) is 0.820. The Hall–Kier alpha value is -1.49. The molecule has 0 aliphatic carbocycles. The van der Waals surface area contributed by atoms with Crippen molar-refractivity contribution in [2.24, 2.45) is 5.73 Å². The van der Waals surface area contributed by atoms with Crippen LogP contribution < -0.4 is 11.1 Å². The third kappa shape index (κ3) is 4.07. The molecular weight excluding hydrogens is 238 g/mol. The van der Waals surface area contributed by atoms with Gasteiger partial charge in [0.25, 0.3) is 5.91 Å². The number of halogens is 2. The van der Waals surface area contributed by atoms with Crippen LogP contribution in [0.1, 0.15) is 36.5 Å². The summed E-state index contributed by atoms with van der Waals surface area (Å²) < 4.78 is 25.7. The summed E-state index contributed by atoms with van der Waals surface area (Å²) in [4.78, 5) is 11.8. The van der Waals surface area contributed by atoms with Crippen molar-refractivity contribution in [2.75, 3.05) is 6.54 Å². The molecule has 0 spiro atoms. The van der Waals surface area contributed by atoms with Gasteiger partial charge in [0, 0.05) is 18.2 Å². The van der Waals surface area contributed by atoms with Gasteiger partial charge in [0.1, 0.15) is 0 Å². The number of nitrogens with one attached hydrogen (secondary N) is 1. The Bertz CT molecular complexity index is 410. The molecular formula is C13H18F2N2O. The standard InChI is InChI=1S/C13H18F2N2O/c1-2-3-4-10(8-16)17-13(18)9-5-6-11(14)12(15)7-9/h5-7,10H,2-4,8,16H2,1H3,(H,17,18). The SMILES string of the molecule is CCCCC(CN)NC(=O)c1ccc(F)c(F)c1. The van der Waals surface area contributed by atoms with E-state index >= 15 is 0 Å². The van der Waals surface area contributed by atoms with Gasteiger partial charge in [0.15, 0.2) is 11.6 Å². The fourth-order valence-electron chi connectivity index (χ4n) is 1.61. The highest BCUT2D eigenvalue weighted by Gasteiger charge is 2.13. The lowest BCUT2D eigenvalue weighted by Gasteiger charge is -2.16.